The molecule has 3 aromatic carbocycles. The Morgan fingerprint density at radius 3 is 2.26 bits per heavy atom. The minimum Gasteiger partial charge on any atom is -0.378 e. The van der Waals surface area contributed by atoms with E-state index in [2.05, 4.69) is 5.32 Å². The van der Waals surface area contributed by atoms with Crippen molar-refractivity contribution in [2.45, 2.75) is 11.8 Å². The van der Waals surface area contributed by atoms with E-state index in [1.54, 1.807) is 78.6 Å². The van der Waals surface area contributed by atoms with Crippen molar-refractivity contribution in [2.75, 3.05) is 42.5 Å². The van der Waals surface area contributed by atoms with Crippen molar-refractivity contribution in [2.24, 2.45) is 0 Å². The highest BCUT2D eigenvalue weighted by Crippen LogP contribution is 2.27. The molecule has 1 aliphatic rings. The second-order valence-corrected chi connectivity index (χ2v) is 9.97. The van der Waals surface area contributed by atoms with E-state index in [1.165, 1.54) is 12.1 Å². The standard InChI is InChI=1S/C26H27N3O5S/c1-20-9-5-8-14-24(20)29(35(32,33)21-10-3-2-4-11-21)19-25(30)27-23-13-7-6-12-22(23)26(31)28-15-17-34-18-16-28/h2-14H,15-19H2,1H3,(H,27,30). The molecule has 3 aromatic rings. The topological polar surface area (TPSA) is 96.0 Å². The molecule has 0 unspecified atom stereocenters. The average Bonchev–Trinajstić information content (AvgIpc) is 2.89. The van der Waals surface area contributed by atoms with E-state index in [0.717, 1.165) is 4.31 Å². The van der Waals surface area contributed by atoms with Gasteiger partial charge in [0, 0.05) is 13.1 Å². The molecule has 0 saturated carbocycles. The quantitative estimate of drug-likeness (QED) is 0.545. The normalized spacial score (nSPS) is 13.8. The molecule has 2 amide bonds. The molecule has 1 heterocycles. The van der Waals surface area contributed by atoms with Crippen molar-refractivity contribution >= 4 is 33.2 Å². The molecule has 182 valence electrons. The molecule has 0 atom stereocenters. The third-order valence-electron chi connectivity index (χ3n) is 5.73. The third-order valence-corrected chi connectivity index (χ3v) is 7.51. The number of para-hydroxylation sites is 2. The molecule has 0 bridgehead atoms. The summed E-state index contributed by atoms with van der Waals surface area (Å²) in [6.07, 6.45) is 0. The van der Waals surface area contributed by atoms with Gasteiger partial charge in [0.05, 0.1) is 35.0 Å². The predicted molar refractivity (Wildman–Crippen MR) is 134 cm³/mol. The van der Waals surface area contributed by atoms with E-state index in [0.29, 0.717) is 48.8 Å². The van der Waals surface area contributed by atoms with Crippen LogP contribution in [0.5, 0.6) is 0 Å². The summed E-state index contributed by atoms with van der Waals surface area (Å²) < 4.78 is 33.5. The SMILES string of the molecule is Cc1ccccc1N(CC(=O)Nc1ccccc1C(=O)N1CCOCC1)S(=O)(=O)c1ccccc1. The summed E-state index contributed by atoms with van der Waals surface area (Å²) in [5.74, 6) is -0.771. The molecule has 0 aromatic heterocycles. The molecule has 4 rings (SSSR count). The van der Waals surface area contributed by atoms with Crippen LogP contribution < -0.4 is 9.62 Å². The molecule has 0 radical (unpaired) electrons. The second-order valence-electron chi connectivity index (χ2n) is 8.11. The maximum absolute atomic E-state index is 13.5. The van der Waals surface area contributed by atoms with Gasteiger partial charge >= 0.3 is 0 Å². The lowest BCUT2D eigenvalue weighted by Crippen LogP contribution is -2.41. The van der Waals surface area contributed by atoms with Crippen molar-refractivity contribution in [3.05, 3.63) is 90.0 Å². The van der Waals surface area contributed by atoms with Crippen LogP contribution in [0.15, 0.2) is 83.8 Å². The number of anilines is 2. The number of hydrogen-bond donors (Lipinski definition) is 1. The van der Waals surface area contributed by atoms with Crippen LogP contribution in [0.25, 0.3) is 0 Å². The highest BCUT2D eigenvalue weighted by atomic mass is 32.2. The van der Waals surface area contributed by atoms with Gasteiger partial charge in [-0.3, -0.25) is 13.9 Å². The fourth-order valence-corrected chi connectivity index (χ4v) is 5.40. The van der Waals surface area contributed by atoms with Gasteiger partial charge in [0.15, 0.2) is 0 Å². The number of rotatable bonds is 7. The molecule has 8 nitrogen and oxygen atoms in total. The first-order valence-electron chi connectivity index (χ1n) is 11.3. The van der Waals surface area contributed by atoms with E-state index in [1.807, 2.05) is 0 Å². The summed E-state index contributed by atoms with van der Waals surface area (Å²) in [6, 6.07) is 21.7. The first-order chi connectivity index (χ1) is 16.9. The number of amides is 2. The first kappa shape index (κ1) is 24.4. The number of ether oxygens (including phenoxy) is 1. The molecular formula is C26H27N3O5S. The molecular weight excluding hydrogens is 466 g/mol. The lowest BCUT2D eigenvalue weighted by molar-refractivity contribution is -0.114. The number of nitrogens with zero attached hydrogens (tertiary/aromatic N) is 2. The Hall–Kier alpha value is -3.69. The zero-order chi connectivity index (χ0) is 24.8. The van der Waals surface area contributed by atoms with Crippen molar-refractivity contribution in [3.8, 4) is 0 Å². The molecule has 0 spiro atoms. The Kier molecular flexibility index (Phi) is 7.48. The lowest BCUT2D eigenvalue weighted by Gasteiger charge is -2.28. The Bertz CT molecular complexity index is 1310. The van der Waals surface area contributed by atoms with Gasteiger partial charge in [0.1, 0.15) is 6.54 Å². The van der Waals surface area contributed by atoms with Gasteiger partial charge in [-0.1, -0.05) is 48.5 Å². The maximum atomic E-state index is 13.5. The molecule has 1 saturated heterocycles. The van der Waals surface area contributed by atoms with Crippen LogP contribution in [-0.4, -0.2) is 58.0 Å². The van der Waals surface area contributed by atoms with Crippen LogP contribution >= 0.6 is 0 Å². The predicted octanol–water partition coefficient (Wildman–Crippen LogP) is 3.30. The largest absolute Gasteiger partial charge is 0.378 e. The summed E-state index contributed by atoms with van der Waals surface area (Å²) in [4.78, 5) is 28.0. The second kappa shape index (κ2) is 10.7. The van der Waals surface area contributed by atoms with Crippen molar-refractivity contribution in [3.63, 3.8) is 0 Å². The highest BCUT2D eigenvalue weighted by molar-refractivity contribution is 7.92. The van der Waals surface area contributed by atoms with Crippen molar-refractivity contribution in [1.82, 2.24) is 4.90 Å². The van der Waals surface area contributed by atoms with Gasteiger partial charge in [0.25, 0.3) is 15.9 Å². The van der Waals surface area contributed by atoms with Crippen LogP contribution in [0.2, 0.25) is 0 Å². The number of hydrogen-bond acceptors (Lipinski definition) is 5. The number of carbonyl (C=O) groups excluding carboxylic acids is 2. The molecule has 1 fully saturated rings. The number of benzene rings is 3. The fourth-order valence-electron chi connectivity index (χ4n) is 3.90. The number of aryl methyl sites for hydroxylation is 1. The molecule has 9 heteroatoms. The fraction of sp³-hybridized carbons (Fsp3) is 0.231. The molecule has 0 aliphatic carbocycles. The number of nitrogens with one attached hydrogen (secondary N) is 1. The summed E-state index contributed by atoms with van der Waals surface area (Å²) in [6.45, 7) is 3.19. The summed E-state index contributed by atoms with van der Waals surface area (Å²) in [5, 5.41) is 2.75. The van der Waals surface area contributed by atoms with E-state index < -0.39 is 22.5 Å². The van der Waals surface area contributed by atoms with Crippen molar-refractivity contribution < 1.29 is 22.7 Å². The van der Waals surface area contributed by atoms with Crippen LogP contribution in [0.3, 0.4) is 0 Å². The summed E-state index contributed by atoms with van der Waals surface area (Å²) in [5.41, 5.74) is 1.79. The average molecular weight is 494 g/mol. The Labute approximate surface area is 205 Å². The van der Waals surface area contributed by atoms with Crippen molar-refractivity contribution in [1.29, 1.82) is 0 Å². The van der Waals surface area contributed by atoms with Crippen LogP contribution in [0.1, 0.15) is 15.9 Å². The highest BCUT2D eigenvalue weighted by Gasteiger charge is 2.29. The van der Waals surface area contributed by atoms with E-state index in [9.17, 15) is 18.0 Å². The summed E-state index contributed by atoms with van der Waals surface area (Å²) in [7, 11) is -4.02. The molecule has 1 N–H and O–H groups in total. The van der Waals surface area contributed by atoms with Gasteiger partial charge in [0.2, 0.25) is 5.91 Å². The maximum Gasteiger partial charge on any atom is 0.264 e. The Morgan fingerprint density at radius 2 is 1.54 bits per heavy atom. The van der Waals surface area contributed by atoms with E-state index in [-0.39, 0.29) is 10.8 Å². The van der Waals surface area contributed by atoms with Crippen LogP contribution in [0.4, 0.5) is 11.4 Å². The smallest absolute Gasteiger partial charge is 0.264 e. The Balaban J connectivity index is 1.62. The third kappa shape index (κ3) is 5.52. The number of morpholine rings is 1. The lowest BCUT2D eigenvalue weighted by atomic mass is 10.1. The number of sulfonamides is 1. The van der Waals surface area contributed by atoms with Gasteiger partial charge in [-0.2, -0.15) is 0 Å². The van der Waals surface area contributed by atoms with Crippen LogP contribution in [0, 0.1) is 6.92 Å². The van der Waals surface area contributed by atoms with Gasteiger partial charge in [-0.25, -0.2) is 8.42 Å². The van der Waals surface area contributed by atoms with Gasteiger partial charge in [-0.15, -0.1) is 0 Å². The summed E-state index contributed by atoms with van der Waals surface area (Å²) >= 11 is 0. The minimum atomic E-state index is -4.02. The molecule has 35 heavy (non-hydrogen) atoms. The minimum absolute atomic E-state index is 0.0824. The van der Waals surface area contributed by atoms with Gasteiger partial charge in [-0.05, 0) is 42.8 Å². The monoisotopic (exact) mass is 493 g/mol. The molecule has 1 aliphatic heterocycles. The first-order valence-corrected chi connectivity index (χ1v) is 12.7. The van der Waals surface area contributed by atoms with Crippen LogP contribution in [-0.2, 0) is 19.6 Å². The van der Waals surface area contributed by atoms with E-state index >= 15 is 0 Å². The number of carbonyl (C=O) groups is 2. The van der Waals surface area contributed by atoms with E-state index in [4.69, 9.17) is 4.74 Å². The Morgan fingerprint density at radius 1 is 0.914 bits per heavy atom. The zero-order valence-electron chi connectivity index (χ0n) is 19.4. The van der Waals surface area contributed by atoms with Gasteiger partial charge < -0.3 is 15.0 Å². The zero-order valence-corrected chi connectivity index (χ0v) is 20.2.